The first-order valence-electron chi connectivity index (χ1n) is 3.55. The Bertz CT molecular complexity index is 136. The maximum atomic E-state index is 11.0. The molecule has 0 aromatic heterocycles. The molecule has 11 heavy (non-hydrogen) atoms. The van der Waals surface area contributed by atoms with Crippen molar-refractivity contribution in [1.29, 1.82) is 0 Å². The summed E-state index contributed by atoms with van der Waals surface area (Å²) in [5.74, 6) is -0.361. The van der Waals surface area contributed by atoms with Crippen LogP contribution >= 0.6 is 11.6 Å². The molecule has 0 rings (SSSR count). The highest BCUT2D eigenvalue weighted by atomic mass is 35.5. The normalized spacial score (nSPS) is 16.2. The summed E-state index contributed by atoms with van der Waals surface area (Å²) < 4.78 is 4.67. The summed E-state index contributed by atoms with van der Waals surface area (Å²) in [5.41, 5.74) is 4.87. The zero-order valence-corrected chi connectivity index (χ0v) is 7.76. The first kappa shape index (κ1) is 10.7. The fraction of sp³-hybridized carbons (Fsp3) is 0.857. The molecule has 0 saturated heterocycles. The second-order valence-electron chi connectivity index (χ2n) is 2.75. The van der Waals surface area contributed by atoms with E-state index in [1.54, 1.807) is 6.92 Å². The van der Waals surface area contributed by atoms with Gasteiger partial charge in [0, 0.05) is 0 Å². The van der Waals surface area contributed by atoms with E-state index >= 15 is 0 Å². The van der Waals surface area contributed by atoms with Crippen LogP contribution in [-0.4, -0.2) is 17.6 Å². The van der Waals surface area contributed by atoms with Crippen LogP contribution in [0.2, 0.25) is 0 Å². The van der Waals surface area contributed by atoms with Gasteiger partial charge in [-0.25, -0.2) is 0 Å². The van der Waals surface area contributed by atoms with E-state index in [0.29, 0.717) is 0 Å². The number of nitrogens with two attached hydrogens (primary N) is 1. The van der Waals surface area contributed by atoms with Crippen molar-refractivity contribution in [2.24, 2.45) is 11.7 Å². The largest absolute Gasteiger partial charge is 0.445 e. The van der Waals surface area contributed by atoms with Crippen LogP contribution in [-0.2, 0) is 9.53 Å². The van der Waals surface area contributed by atoms with Crippen molar-refractivity contribution in [3.8, 4) is 0 Å². The number of rotatable bonds is 3. The molecule has 0 spiro atoms. The maximum Gasteiger partial charge on any atom is 0.324 e. The monoisotopic (exact) mass is 179 g/mol. The van der Waals surface area contributed by atoms with Crippen molar-refractivity contribution in [3.05, 3.63) is 0 Å². The number of carbonyl (C=O) groups is 1. The van der Waals surface area contributed by atoms with Crippen LogP contribution in [0, 0.1) is 5.92 Å². The smallest absolute Gasteiger partial charge is 0.324 e. The van der Waals surface area contributed by atoms with Gasteiger partial charge < -0.3 is 10.5 Å². The molecule has 0 aliphatic heterocycles. The fourth-order valence-corrected chi connectivity index (χ4v) is 0.599. The zero-order valence-electron chi connectivity index (χ0n) is 7.00. The summed E-state index contributed by atoms with van der Waals surface area (Å²) in [4.78, 5) is 11.0. The van der Waals surface area contributed by atoms with E-state index in [1.165, 1.54) is 0 Å². The molecule has 0 bridgehead atoms. The Labute approximate surface area is 71.8 Å². The van der Waals surface area contributed by atoms with Gasteiger partial charge in [-0.15, -0.1) is 0 Å². The summed E-state index contributed by atoms with van der Waals surface area (Å²) >= 11 is 5.42. The Morgan fingerprint density at radius 1 is 1.45 bits per heavy atom. The Balaban J connectivity index is 3.83. The van der Waals surface area contributed by atoms with Crippen LogP contribution in [0.4, 0.5) is 0 Å². The molecule has 0 amide bonds. The van der Waals surface area contributed by atoms with E-state index in [-0.39, 0.29) is 5.92 Å². The minimum absolute atomic E-state index is 0.0814. The van der Waals surface area contributed by atoms with Crippen LogP contribution in [0.1, 0.15) is 20.8 Å². The molecular weight excluding hydrogens is 166 g/mol. The molecule has 0 aromatic carbocycles. The van der Waals surface area contributed by atoms with Crippen molar-refractivity contribution >= 4 is 17.6 Å². The lowest BCUT2D eigenvalue weighted by molar-refractivity contribution is -0.147. The maximum absolute atomic E-state index is 11.0. The molecule has 66 valence electrons. The number of hydrogen-bond acceptors (Lipinski definition) is 3. The Morgan fingerprint density at radius 2 is 1.91 bits per heavy atom. The highest BCUT2D eigenvalue weighted by molar-refractivity contribution is 6.20. The molecule has 2 atom stereocenters. The minimum Gasteiger partial charge on any atom is -0.445 e. The van der Waals surface area contributed by atoms with E-state index < -0.39 is 17.6 Å². The molecular formula is C7H14ClNO2. The first-order chi connectivity index (χ1) is 4.95. The summed E-state index contributed by atoms with van der Waals surface area (Å²) in [6.45, 7) is 5.28. The van der Waals surface area contributed by atoms with Crippen molar-refractivity contribution in [3.63, 3.8) is 0 Å². The molecule has 1 unspecified atom stereocenters. The van der Waals surface area contributed by atoms with E-state index in [0.717, 1.165) is 0 Å². The highest BCUT2D eigenvalue weighted by Gasteiger charge is 2.19. The van der Waals surface area contributed by atoms with E-state index in [4.69, 9.17) is 17.3 Å². The van der Waals surface area contributed by atoms with Gasteiger partial charge in [0.2, 0.25) is 0 Å². The number of esters is 1. The van der Waals surface area contributed by atoms with Gasteiger partial charge in [0.1, 0.15) is 6.04 Å². The van der Waals surface area contributed by atoms with Crippen molar-refractivity contribution in [1.82, 2.24) is 0 Å². The van der Waals surface area contributed by atoms with Gasteiger partial charge in [-0.2, -0.15) is 0 Å². The number of halogens is 1. The van der Waals surface area contributed by atoms with Crippen LogP contribution < -0.4 is 5.73 Å². The van der Waals surface area contributed by atoms with Crippen LogP contribution in [0.25, 0.3) is 0 Å². The number of ether oxygens (including phenoxy) is 1. The SMILES string of the molecule is CC(Cl)OC(=O)[C@@H](N)C(C)C. The van der Waals surface area contributed by atoms with Gasteiger partial charge >= 0.3 is 5.97 Å². The molecule has 0 aliphatic carbocycles. The highest BCUT2D eigenvalue weighted by Crippen LogP contribution is 2.04. The summed E-state index contributed by atoms with van der Waals surface area (Å²) in [6.07, 6.45) is 0. The second kappa shape index (κ2) is 4.57. The van der Waals surface area contributed by atoms with E-state index in [9.17, 15) is 4.79 Å². The summed E-state index contributed by atoms with van der Waals surface area (Å²) in [5, 5.41) is 0. The van der Waals surface area contributed by atoms with Gasteiger partial charge in [-0.05, 0) is 12.8 Å². The van der Waals surface area contributed by atoms with Crippen molar-refractivity contribution in [2.75, 3.05) is 0 Å². The van der Waals surface area contributed by atoms with Crippen molar-refractivity contribution < 1.29 is 9.53 Å². The number of carbonyl (C=O) groups excluding carboxylic acids is 1. The second-order valence-corrected chi connectivity index (χ2v) is 3.36. The van der Waals surface area contributed by atoms with Crippen LogP contribution in [0.5, 0.6) is 0 Å². The van der Waals surface area contributed by atoms with Crippen LogP contribution in [0.15, 0.2) is 0 Å². The van der Waals surface area contributed by atoms with Crippen molar-refractivity contribution in [2.45, 2.75) is 32.4 Å². The molecule has 0 aliphatic rings. The Hall–Kier alpha value is -0.280. The third-order valence-corrected chi connectivity index (χ3v) is 1.36. The number of alkyl halides is 1. The Kier molecular flexibility index (Phi) is 4.45. The van der Waals surface area contributed by atoms with Gasteiger partial charge in [0.05, 0.1) is 0 Å². The lowest BCUT2D eigenvalue weighted by Crippen LogP contribution is -2.37. The van der Waals surface area contributed by atoms with Crippen LogP contribution in [0.3, 0.4) is 0 Å². The molecule has 0 heterocycles. The molecule has 0 radical (unpaired) electrons. The standard InChI is InChI=1S/C7H14ClNO2/c1-4(2)6(9)7(10)11-5(3)8/h4-6H,9H2,1-3H3/t5?,6-/m0/s1. The van der Waals surface area contributed by atoms with Gasteiger partial charge in [-0.3, -0.25) is 4.79 Å². The topological polar surface area (TPSA) is 52.3 Å². The van der Waals surface area contributed by atoms with E-state index in [1.807, 2.05) is 13.8 Å². The third kappa shape index (κ3) is 4.22. The minimum atomic E-state index is -0.604. The molecule has 4 heteroatoms. The van der Waals surface area contributed by atoms with Gasteiger partial charge in [-0.1, -0.05) is 25.4 Å². The molecule has 0 saturated carbocycles. The lowest BCUT2D eigenvalue weighted by Gasteiger charge is -2.15. The molecule has 0 aromatic rings. The predicted octanol–water partition coefficient (Wildman–Crippen LogP) is 1.10. The zero-order chi connectivity index (χ0) is 9.02. The number of hydrogen-bond donors (Lipinski definition) is 1. The van der Waals surface area contributed by atoms with Gasteiger partial charge in [0.25, 0.3) is 0 Å². The predicted molar refractivity (Wildman–Crippen MR) is 44.2 cm³/mol. The van der Waals surface area contributed by atoms with Gasteiger partial charge in [0.15, 0.2) is 5.56 Å². The molecule has 0 fully saturated rings. The lowest BCUT2D eigenvalue weighted by atomic mass is 10.1. The third-order valence-electron chi connectivity index (χ3n) is 1.27. The van der Waals surface area contributed by atoms with E-state index in [2.05, 4.69) is 4.74 Å². The quantitative estimate of drug-likeness (QED) is 0.522. The summed E-state index contributed by atoms with van der Waals surface area (Å²) in [7, 11) is 0. The Morgan fingerprint density at radius 3 is 2.18 bits per heavy atom. The summed E-state index contributed by atoms with van der Waals surface area (Å²) in [6, 6.07) is -0.573. The first-order valence-corrected chi connectivity index (χ1v) is 3.99. The fourth-order valence-electron chi connectivity index (χ4n) is 0.511. The average molecular weight is 180 g/mol. The molecule has 2 N–H and O–H groups in total. The molecule has 3 nitrogen and oxygen atoms in total. The average Bonchev–Trinajstić information content (AvgIpc) is 1.84.